The highest BCUT2D eigenvalue weighted by atomic mass is 32.1. The zero-order chi connectivity index (χ0) is 22.1. The average molecular weight is 468 g/mol. The Morgan fingerprint density at radius 2 is 2.10 bits per heavy atom. The Kier molecular flexibility index (Phi) is 10.5. The summed E-state index contributed by atoms with van der Waals surface area (Å²) >= 11 is 3.53. The molecule has 0 saturated carbocycles. The van der Waals surface area contributed by atoms with E-state index in [1.807, 2.05) is 13.8 Å². The number of nitrogens with one attached hydrogen (secondary N) is 1. The lowest BCUT2D eigenvalue weighted by Gasteiger charge is -2.38. The molecule has 3 aliphatic rings. The molecule has 0 bridgehead atoms. The predicted molar refractivity (Wildman–Crippen MR) is 138 cm³/mol. The first-order chi connectivity index (χ1) is 14.4. The Balaban J connectivity index is 0.00000155. The normalized spacial score (nSPS) is 23.6. The SMILES string of the molecule is CCC1=NCC(PC2PC(N3CCOCC3)=CC(C(C)(C)O)=C2C=N)=CC=C1.CS. The smallest absolute Gasteiger partial charge is 0.0844 e. The molecule has 0 aliphatic carbocycles. The quantitative estimate of drug-likeness (QED) is 0.308. The van der Waals surface area contributed by atoms with E-state index in [4.69, 9.17) is 15.1 Å². The molecular weight excluding hydrogens is 432 g/mol. The van der Waals surface area contributed by atoms with Gasteiger partial charge >= 0.3 is 0 Å². The van der Waals surface area contributed by atoms with E-state index >= 15 is 0 Å². The fraction of sp³-hybridized carbons (Fsp3) is 0.545. The van der Waals surface area contributed by atoms with Crippen LogP contribution in [0.15, 0.2) is 51.2 Å². The molecule has 0 aromatic carbocycles. The van der Waals surface area contributed by atoms with Crippen LogP contribution >= 0.6 is 29.8 Å². The molecule has 1 saturated heterocycles. The topological polar surface area (TPSA) is 68.9 Å². The highest BCUT2D eigenvalue weighted by Crippen LogP contribution is 2.53. The lowest BCUT2D eigenvalue weighted by Crippen LogP contribution is -2.36. The predicted octanol–water partition coefficient (Wildman–Crippen LogP) is 4.42. The number of morpholine rings is 1. The van der Waals surface area contributed by atoms with Crippen LogP contribution in [0.25, 0.3) is 0 Å². The summed E-state index contributed by atoms with van der Waals surface area (Å²) in [6, 6.07) is 0. The Labute approximate surface area is 190 Å². The second-order valence-electron chi connectivity index (χ2n) is 7.64. The molecule has 30 heavy (non-hydrogen) atoms. The maximum absolute atomic E-state index is 10.8. The first-order valence-corrected chi connectivity index (χ1v) is 13.4. The van der Waals surface area contributed by atoms with Gasteiger partial charge < -0.3 is 20.2 Å². The standard InChI is InChI=1S/C21H31N3O2P2.CH4S/c1-4-15-6-5-7-16(14-23-15)27-20-17(13-22)18(21(2,3)25)12-19(28-20)24-8-10-26-11-9-24;1-2/h5-7,12-13,20,22,25,27-28H,4,8-11,14H2,1-3H3;2H,1H3. The molecule has 3 atom stereocenters. The molecular formula is C22H35N3O2P2S. The van der Waals surface area contributed by atoms with Crippen molar-refractivity contribution in [2.24, 2.45) is 4.99 Å². The van der Waals surface area contributed by atoms with Gasteiger partial charge in [-0.1, -0.05) is 36.2 Å². The number of hydrogen-bond acceptors (Lipinski definition) is 6. The first kappa shape index (κ1) is 25.5. The highest BCUT2D eigenvalue weighted by molar-refractivity contribution is 7.79. The second kappa shape index (κ2) is 12.3. The van der Waals surface area contributed by atoms with Crippen LogP contribution in [0.2, 0.25) is 0 Å². The van der Waals surface area contributed by atoms with Gasteiger partial charge in [-0.15, -0.1) is 0 Å². The highest BCUT2D eigenvalue weighted by Gasteiger charge is 2.32. The summed E-state index contributed by atoms with van der Waals surface area (Å²) in [6.07, 6.45) is 12.6. The van der Waals surface area contributed by atoms with Gasteiger partial charge in [0, 0.05) is 35.9 Å². The number of allylic oxidation sites excluding steroid dienone is 4. The van der Waals surface area contributed by atoms with Gasteiger partial charge in [0.15, 0.2) is 0 Å². The molecule has 166 valence electrons. The van der Waals surface area contributed by atoms with Crippen LogP contribution in [-0.4, -0.2) is 72.0 Å². The van der Waals surface area contributed by atoms with Gasteiger partial charge in [-0.05, 0) is 55.1 Å². The third-order valence-electron chi connectivity index (χ3n) is 5.09. The van der Waals surface area contributed by atoms with Gasteiger partial charge in [-0.2, -0.15) is 12.6 Å². The minimum Gasteiger partial charge on any atom is -0.386 e. The number of nitrogens with zero attached hydrogens (tertiary/aromatic N) is 2. The van der Waals surface area contributed by atoms with E-state index in [1.54, 1.807) is 6.26 Å². The van der Waals surface area contributed by atoms with Crippen LogP contribution in [0.3, 0.4) is 0 Å². The molecule has 2 N–H and O–H groups in total. The van der Waals surface area contributed by atoms with E-state index in [-0.39, 0.29) is 5.40 Å². The van der Waals surface area contributed by atoms with Crippen LogP contribution in [0.4, 0.5) is 0 Å². The van der Waals surface area contributed by atoms with Gasteiger partial charge in [-0.25, -0.2) is 0 Å². The molecule has 1 fully saturated rings. The van der Waals surface area contributed by atoms with E-state index in [1.165, 1.54) is 17.0 Å². The number of ether oxygens (including phenoxy) is 1. The van der Waals surface area contributed by atoms with E-state index in [0.29, 0.717) is 17.2 Å². The number of rotatable bonds is 6. The Morgan fingerprint density at radius 3 is 2.70 bits per heavy atom. The third-order valence-corrected chi connectivity index (χ3v) is 8.61. The average Bonchev–Trinajstić information content (AvgIpc) is 2.99. The molecule has 0 aromatic rings. The van der Waals surface area contributed by atoms with Gasteiger partial charge in [0.25, 0.3) is 0 Å². The number of hydrogen-bond donors (Lipinski definition) is 3. The number of thiol groups is 1. The minimum absolute atomic E-state index is 0.236. The van der Waals surface area contributed by atoms with Crippen LogP contribution in [0.5, 0.6) is 0 Å². The second-order valence-corrected chi connectivity index (χ2v) is 11.1. The summed E-state index contributed by atoms with van der Waals surface area (Å²) in [5.41, 5.74) is 3.29. The molecule has 3 unspecified atom stereocenters. The summed E-state index contributed by atoms with van der Waals surface area (Å²) in [5.74, 6) is 0. The van der Waals surface area contributed by atoms with Crippen molar-refractivity contribution in [3.63, 3.8) is 0 Å². The maximum atomic E-state index is 10.8. The summed E-state index contributed by atoms with van der Waals surface area (Å²) in [4.78, 5) is 7.11. The summed E-state index contributed by atoms with van der Waals surface area (Å²) in [6.45, 7) is 9.78. The van der Waals surface area contributed by atoms with Crippen LogP contribution in [0, 0.1) is 5.41 Å². The first-order valence-electron chi connectivity index (χ1n) is 10.3. The Hall–Kier alpha value is -0.770. The molecule has 3 rings (SSSR count). The molecule has 0 amide bonds. The molecule has 3 aliphatic heterocycles. The largest absolute Gasteiger partial charge is 0.386 e. The third kappa shape index (κ3) is 6.87. The zero-order valence-electron chi connectivity index (χ0n) is 18.4. The fourth-order valence-electron chi connectivity index (χ4n) is 3.51. The summed E-state index contributed by atoms with van der Waals surface area (Å²) in [7, 11) is 1.16. The molecule has 3 heterocycles. The van der Waals surface area contributed by atoms with Crippen molar-refractivity contribution in [2.45, 2.75) is 38.2 Å². The van der Waals surface area contributed by atoms with Gasteiger partial charge in [0.2, 0.25) is 0 Å². The van der Waals surface area contributed by atoms with Gasteiger partial charge in [-0.3, -0.25) is 4.99 Å². The van der Waals surface area contributed by atoms with Gasteiger partial charge in [0.1, 0.15) is 0 Å². The molecule has 0 spiro atoms. The van der Waals surface area contributed by atoms with Crippen molar-refractivity contribution >= 4 is 41.7 Å². The van der Waals surface area contributed by atoms with Crippen molar-refractivity contribution in [1.29, 1.82) is 5.41 Å². The number of aliphatic hydroxyl groups is 1. The van der Waals surface area contributed by atoms with Crippen LogP contribution in [-0.2, 0) is 4.74 Å². The summed E-state index contributed by atoms with van der Waals surface area (Å²) < 4.78 is 5.52. The summed E-state index contributed by atoms with van der Waals surface area (Å²) in [5, 5.41) is 20.4. The van der Waals surface area contributed by atoms with Gasteiger partial charge in [0.05, 0.1) is 25.4 Å². The Bertz CT molecular complexity index is 761. The van der Waals surface area contributed by atoms with Crippen LogP contribution < -0.4 is 0 Å². The maximum Gasteiger partial charge on any atom is 0.0844 e. The zero-order valence-corrected chi connectivity index (χ0v) is 21.3. The van der Waals surface area contributed by atoms with Crippen molar-refractivity contribution in [2.75, 3.05) is 39.1 Å². The lowest BCUT2D eigenvalue weighted by molar-refractivity contribution is 0.0571. The van der Waals surface area contributed by atoms with E-state index in [2.05, 4.69) is 48.8 Å². The minimum atomic E-state index is -0.969. The van der Waals surface area contributed by atoms with E-state index in [9.17, 15) is 5.11 Å². The van der Waals surface area contributed by atoms with Crippen LogP contribution in [0.1, 0.15) is 27.2 Å². The van der Waals surface area contributed by atoms with Crippen molar-refractivity contribution in [3.8, 4) is 0 Å². The molecule has 0 aromatic heterocycles. The lowest BCUT2D eigenvalue weighted by atomic mass is 9.93. The van der Waals surface area contributed by atoms with Crippen molar-refractivity contribution in [3.05, 3.63) is 46.2 Å². The molecule has 8 heteroatoms. The van der Waals surface area contributed by atoms with Crippen molar-refractivity contribution < 1.29 is 9.84 Å². The molecule has 0 radical (unpaired) electrons. The van der Waals surface area contributed by atoms with Crippen molar-refractivity contribution in [1.82, 2.24) is 4.90 Å². The molecule has 5 nitrogen and oxygen atoms in total. The Morgan fingerprint density at radius 1 is 1.40 bits per heavy atom. The monoisotopic (exact) mass is 467 g/mol. The van der Waals surface area contributed by atoms with E-state index in [0.717, 1.165) is 56.1 Å². The van der Waals surface area contributed by atoms with E-state index < -0.39 is 5.60 Å². The fourth-order valence-corrected chi connectivity index (χ4v) is 7.25. The number of aliphatic imine (C=N–C) groups is 1.